The zero-order valence-electron chi connectivity index (χ0n) is 7.16. The first-order valence-electron chi connectivity index (χ1n) is 3.86. The van der Waals surface area contributed by atoms with Gasteiger partial charge in [-0.3, -0.25) is 0 Å². The van der Waals surface area contributed by atoms with Gasteiger partial charge >= 0.3 is 90.6 Å². The van der Waals surface area contributed by atoms with E-state index in [1.807, 2.05) is 19.1 Å². The molecule has 0 heterocycles. The Hall–Kier alpha value is -0.501. The van der Waals surface area contributed by atoms with Crippen LogP contribution in [0.2, 0.25) is 5.02 Å². The van der Waals surface area contributed by atoms with Crippen LogP contribution in [-0.4, -0.2) is 27.4 Å². The molecule has 1 aromatic carbocycles. The Labute approximate surface area is 90.8 Å². The number of hydrogen-bond acceptors (Lipinski definition) is 2. The molecule has 0 aliphatic heterocycles. The molecule has 2 nitrogen and oxygen atoms in total. The van der Waals surface area contributed by atoms with Crippen molar-refractivity contribution in [3.63, 3.8) is 0 Å². The summed E-state index contributed by atoms with van der Waals surface area (Å²) in [5.74, 6) is 0. The molecule has 0 unspecified atom stereocenters. The van der Waals surface area contributed by atoms with Gasteiger partial charge in [-0.05, 0) is 0 Å². The van der Waals surface area contributed by atoms with Crippen molar-refractivity contribution in [2.45, 2.75) is 6.92 Å². The first kappa shape index (κ1) is 10.6. The Morgan fingerprint density at radius 2 is 2.08 bits per heavy atom. The molecule has 4 heteroatoms. The molecule has 69 valence electrons. The molecule has 0 bridgehead atoms. The average Bonchev–Trinajstić information content (AvgIpc) is 2.09. The van der Waals surface area contributed by atoms with E-state index < -0.39 is 0 Å². The fourth-order valence-corrected chi connectivity index (χ4v) is 1.37. The van der Waals surface area contributed by atoms with Gasteiger partial charge in [0.15, 0.2) is 0 Å². The SMILES string of the molecule is CCOC([Se])=Nc1ccc(Cl)cc1. The standard InChI is InChI=1S/C9H9ClNOSe/c1-2-12-9(13)11-8-5-3-7(10)4-6-8/h3-6H,2H2,1H3. The second-order valence-corrected chi connectivity index (χ2v) is 3.46. The molecular formula is C9H9ClNOSe. The van der Waals surface area contributed by atoms with Crippen molar-refractivity contribution in [1.29, 1.82) is 0 Å². The zero-order valence-corrected chi connectivity index (χ0v) is 9.63. The van der Waals surface area contributed by atoms with Gasteiger partial charge in [0, 0.05) is 0 Å². The summed E-state index contributed by atoms with van der Waals surface area (Å²) in [6, 6.07) is 7.25. The number of nitrogens with zero attached hydrogens (tertiary/aromatic N) is 1. The molecule has 1 aromatic rings. The van der Waals surface area contributed by atoms with Gasteiger partial charge in [0.2, 0.25) is 0 Å². The topological polar surface area (TPSA) is 21.6 Å². The van der Waals surface area contributed by atoms with E-state index in [1.54, 1.807) is 12.1 Å². The van der Waals surface area contributed by atoms with Gasteiger partial charge in [-0.25, -0.2) is 0 Å². The van der Waals surface area contributed by atoms with Crippen LogP contribution in [0, 0.1) is 0 Å². The van der Waals surface area contributed by atoms with Crippen LogP contribution in [-0.2, 0) is 4.74 Å². The third-order valence-corrected chi connectivity index (χ3v) is 2.01. The molecule has 0 saturated carbocycles. The van der Waals surface area contributed by atoms with Crippen molar-refractivity contribution in [2.24, 2.45) is 4.99 Å². The molecule has 0 spiro atoms. The Balaban J connectivity index is 2.73. The van der Waals surface area contributed by atoms with Crippen LogP contribution in [0.3, 0.4) is 0 Å². The second kappa shape index (κ2) is 5.28. The third kappa shape index (κ3) is 3.81. The summed E-state index contributed by atoms with van der Waals surface area (Å²) >= 11 is 8.46. The molecule has 0 atom stereocenters. The molecule has 0 aliphatic carbocycles. The third-order valence-electron chi connectivity index (χ3n) is 1.31. The van der Waals surface area contributed by atoms with E-state index >= 15 is 0 Å². The van der Waals surface area contributed by atoms with Crippen molar-refractivity contribution in [3.05, 3.63) is 29.3 Å². The van der Waals surface area contributed by atoms with Crippen LogP contribution in [0.4, 0.5) is 5.69 Å². The predicted molar refractivity (Wildman–Crippen MR) is 55.9 cm³/mol. The Morgan fingerprint density at radius 1 is 1.46 bits per heavy atom. The monoisotopic (exact) mass is 262 g/mol. The van der Waals surface area contributed by atoms with E-state index in [1.165, 1.54) is 0 Å². The normalized spacial score (nSPS) is 11.4. The van der Waals surface area contributed by atoms with E-state index in [9.17, 15) is 0 Å². The first-order chi connectivity index (χ1) is 6.22. The summed E-state index contributed by atoms with van der Waals surface area (Å²) in [6.07, 6.45) is 0. The maximum atomic E-state index is 5.72. The molecule has 1 rings (SSSR count). The van der Waals surface area contributed by atoms with Gasteiger partial charge in [-0.2, -0.15) is 0 Å². The molecule has 0 amide bonds. The molecule has 0 aromatic heterocycles. The Kier molecular flexibility index (Phi) is 4.29. The predicted octanol–water partition coefficient (Wildman–Crippen LogP) is 2.53. The summed E-state index contributed by atoms with van der Waals surface area (Å²) in [6.45, 7) is 2.52. The van der Waals surface area contributed by atoms with E-state index in [4.69, 9.17) is 16.3 Å². The van der Waals surface area contributed by atoms with Gasteiger partial charge in [0.1, 0.15) is 0 Å². The van der Waals surface area contributed by atoms with Crippen molar-refractivity contribution in [3.8, 4) is 0 Å². The number of halogens is 1. The molecule has 0 saturated heterocycles. The second-order valence-electron chi connectivity index (χ2n) is 2.29. The van der Waals surface area contributed by atoms with Crippen LogP contribution in [0.15, 0.2) is 29.3 Å². The van der Waals surface area contributed by atoms with Gasteiger partial charge < -0.3 is 0 Å². The van der Waals surface area contributed by atoms with Gasteiger partial charge in [-0.15, -0.1) is 0 Å². The summed E-state index contributed by atoms with van der Waals surface area (Å²) < 4.78 is 5.14. The maximum absolute atomic E-state index is 5.72. The quantitative estimate of drug-likeness (QED) is 0.455. The summed E-state index contributed by atoms with van der Waals surface area (Å²) in [4.78, 5) is 4.72. The Morgan fingerprint density at radius 3 is 2.62 bits per heavy atom. The molecule has 0 fully saturated rings. The van der Waals surface area contributed by atoms with Crippen molar-refractivity contribution in [2.75, 3.05) is 6.61 Å². The molecule has 1 radical (unpaired) electrons. The van der Waals surface area contributed by atoms with Crippen molar-refractivity contribution < 1.29 is 4.74 Å². The summed E-state index contributed by atoms with van der Waals surface area (Å²) in [5, 5.41) is 0.706. The van der Waals surface area contributed by atoms with Crippen molar-refractivity contribution >= 4 is 38.1 Å². The first-order valence-corrected chi connectivity index (χ1v) is 5.10. The average molecular weight is 262 g/mol. The van der Waals surface area contributed by atoms with Gasteiger partial charge in [0.25, 0.3) is 0 Å². The molecule has 0 N–H and O–H groups in total. The summed E-state index contributed by atoms with van der Waals surface area (Å²) in [7, 11) is 0. The van der Waals surface area contributed by atoms with Gasteiger partial charge in [-0.1, -0.05) is 0 Å². The van der Waals surface area contributed by atoms with E-state index in [0.717, 1.165) is 5.69 Å². The van der Waals surface area contributed by atoms with E-state index in [0.29, 0.717) is 16.4 Å². The van der Waals surface area contributed by atoms with E-state index in [2.05, 4.69) is 21.0 Å². The minimum atomic E-state index is 0.546. The molecule has 0 aliphatic rings. The van der Waals surface area contributed by atoms with Crippen molar-refractivity contribution in [1.82, 2.24) is 0 Å². The number of aliphatic imine (C=N–C) groups is 1. The fourth-order valence-electron chi connectivity index (χ4n) is 0.777. The Bertz CT molecular complexity index is 297. The van der Waals surface area contributed by atoms with Gasteiger partial charge in [0.05, 0.1) is 0 Å². The molecule has 13 heavy (non-hydrogen) atoms. The van der Waals surface area contributed by atoms with E-state index in [-0.39, 0.29) is 0 Å². The van der Waals surface area contributed by atoms with Crippen LogP contribution in [0.1, 0.15) is 6.92 Å². The number of ether oxygens (including phenoxy) is 1. The number of benzene rings is 1. The van der Waals surface area contributed by atoms with Crippen LogP contribution < -0.4 is 0 Å². The zero-order chi connectivity index (χ0) is 9.68. The summed E-state index contributed by atoms with van der Waals surface area (Å²) in [5.41, 5.74) is 0.826. The van der Waals surface area contributed by atoms with Crippen LogP contribution in [0.25, 0.3) is 0 Å². The number of rotatable bonds is 2. The number of hydrogen-bond donors (Lipinski definition) is 0. The van der Waals surface area contributed by atoms with Crippen LogP contribution in [0.5, 0.6) is 0 Å². The minimum absolute atomic E-state index is 0.546. The molecular weight excluding hydrogens is 253 g/mol. The fraction of sp³-hybridized carbons (Fsp3) is 0.222. The van der Waals surface area contributed by atoms with Crippen LogP contribution >= 0.6 is 11.6 Å².